The van der Waals surface area contributed by atoms with E-state index in [9.17, 15) is 5.11 Å². The molecule has 0 aliphatic carbocycles. The van der Waals surface area contributed by atoms with Crippen molar-refractivity contribution in [1.29, 1.82) is 0 Å². The van der Waals surface area contributed by atoms with E-state index in [4.69, 9.17) is 23.2 Å². The van der Waals surface area contributed by atoms with Crippen LogP contribution in [-0.2, 0) is 0 Å². The molecule has 0 saturated heterocycles. The normalized spacial score (nSPS) is 10.9. The van der Waals surface area contributed by atoms with Gasteiger partial charge in [-0.2, -0.15) is 10.3 Å². The molecule has 0 radical (unpaired) electrons. The van der Waals surface area contributed by atoms with Gasteiger partial charge in [0.1, 0.15) is 0 Å². The highest BCUT2D eigenvalue weighted by molar-refractivity contribution is 6.37. The molecule has 3 N–H and O–H groups in total. The van der Waals surface area contributed by atoms with Crippen molar-refractivity contribution < 1.29 is 5.11 Å². The Bertz CT molecular complexity index is 518. The van der Waals surface area contributed by atoms with Gasteiger partial charge in [0, 0.05) is 0 Å². The monoisotopic (exact) mass is 272 g/mol. The standard InChI is InChI=1S/C8H6Cl2N6O/c9-5-1-4(2-6(10)7(5)17)3-11-12-8-13-15-16-14-8/h1-3,17H,(H2,12,13,14,15,16). The molecule has 0 fully saturated rings. The minimum Gasteiger partial charge on any atom is -0.505 e. The Labute approximate surface area is 105 Å². The number of aromatic nitrogens is 4. The first-order valence-corrected chi connectivity index (χ1v) is 5.13. The van der Waals surface area contributed by atoms with Crippen LogP contribution in [0.25, 0.3) is 0 Å². The zero-order valence-corrected chi connectivity index (χ0v) is 9.74. The maximum absolute atomic E-state index is 9.35. The van der Waals surface area contributed by atoms with Gasteiger partial charge in [-0.1, -0.05) is 28.3 Å². The van der Waals surface area contributed by atoms with E-state index in [0.29, 0.717) is 5.56 Å². The molecule has 0 spiro atoms. The number of nitrogens with one attached hydrogen (secondary N) is 2. The summed E-state index contributed by atoms with van der Waals surface area (Å²) in [5.41, 5.74) is 3.15. The first-order valence-electron chi connectivity index (χ1n) is 4.37. The molecule has 2 aromatic rings. The van der Waals surface area contributed by atoms with Gasteiger partial charge in [-0.05, 0) is 22.9 Å². The van der Waals surface area contributed by atoms with Crippen molar-refractivity contribution in [3.05, 3.63) is 27.7 Å². The molecular formula is C8H6Cl2N6O. The number of aromatic hydroxyl groups is 1. The van der Waals surface area contributed by atoms with Crippen LogP contribution in [0, 0.1) is 0 Å². The van der Waals surface area contributed by atoms with E-state index in [-0.39, 0.29) is 21.7 Å². The first kappa shape index (κ1) is 11.6. The summed E-state index contributed by atoms with van der Waals surface area (Å²) in [5.74, 6) is 0.0776. The van der Waals surface area contributed by atoms with Gasteiger partial charge in [0.05, 0.1) is 16.3 Å². The molecule has 0 atom stereocenters. The lowest BCUT2D eigenvalue weighted by Gasteiger charge is -2.01. The average molecular weight is 273 g/mol. The maximum Gasteiger partial charge on any atom is 0.283 e. The van der Waals surface area contributed by atoms with Gasteiger partial charge in [-0.3, -0.25) is 0 Å². The zero-order chi connectivity index (χ0) is 12.3. The van der Waals surface area contributed by atoms with Gasteiger partial charge in [0.15, 0.2) is 5.75 Å². The molecule has 1 aromatic carbocycles. The lowest BCUT2D eigenvalue weighted by atomic mass is 10.2. The average Bonchev–Trinajstić information content (AvgIpc) is 2.79. The van der Waals surface area contributed by atoms with Crippen LogP contribution < -0.4 is 5.43 Å². The van der Waals surface area contributed by atoms with E-state index >= 15 is 0 Å². The van der Waals surface area contributed by atoms with E-state index < -0.39 is 0 Å². The molecule has 17 heavy (non-hydrogen) atoms. The molecule has 9 heteroatoms. The summed E-state index contributed by atoms with van der Waals surface area (Å²) in [7, 11) is 0. The number of hydrogen-bond donors (Lipinski definition) is 3. The van der Waals surface area contributed by atoms with E-state index in [1.54, 1.807) is 0 Å². The van der Waals surface area contributed by atoms with E-state index in [2.05, 4.69) is 31.2 Å². The number of phenols is 1. The third-order valence-electron chi connectivity index (χ3n) is 1.76. The zero-order valence-electron chi connectivity index (χ0n) is 8.22. The van der Waals surface area contributed by atoms with Gasteiger partial charge >= 0.3 is 0 Å². The Balaban J connectivity index is 2.11. The van der Waals surface area contributed by atoms with Crippen LogP contribution in [0.1, 0.15) is 5.56 Å². The molecule has 0 aliphatic rings. The number of phenolic OH excluding ortho intramolecular Hbond substituents is 1. The molecule has 0 unspecified atom stereocenters. The Morgan fingerprint density at radius 2 is 2.06 bits per heavy atom. The van der Waals surface area contributed by atoms with Crippen LogP contribution in [0.2, 0.25) is 10.0 Å². The van der Waals surface area contributed by atoms with Crippen LogP contribution in [0.15, 0.2) is 17.2 Å². The van der Waals surface area contributed by atoms with Crippen molar-refractivity contribution in [1.82, 2.24) is 20.6 Å². The number of hydrazone groups is 1. The van der Waals surface area contributed by atoms with Crippen molar-refractivity contribution in [3.63, 3.8) is 0 Å². The minimum atomic E-state index is -0.156. The highest BCUT2D eigenvalue weighted by Crippen LogP contribution is 2.32. The van der Waals surface area contributed by atoms with Gasteiger partial charge < -0.3 is 5.11 Å². The fourth-order valence-electron chi connectivity index (χ4n) is 1.03. The second kappa shape index (κ2) is 4.98. The molecular weight excluding hydrogens is 267 g/mol. The molecule has 2 rings (SSSR count). The van der Waals surface area contributed by atoms with Crippen LogP contribution in [0.3, 0.4) is 0 Å². The van der Waals surface area contributed by atoms with Crippen molar-refractivity contribution in [2.24, 2.45) is 5.10 Å². The number of H-pyrrole nitrogens is 1. The maximum atomic E-state index is 9.35. The van der Waals surface area contributed by atoms with Crippen LogP contribution in [-0.4, -0.2) is 31.9 Å². The minimum absolute atomic E-state index is 0.151. The van der Waals surface area contributed by atoms with Gasteiger partial charge in [0.25, 0.3) is 5.95 Å². The van der Waals surface area contributed by atoms with E-state index in [1.165, 1.54) is 18.3 Å². The summed E-state index contributed by atoms with van der Waals surface area (Å²) in [6.45, 7) is 0. The number of benzene rings is 1. The van der Waals surface area contributed by atoms with Gasteiger partial charge in [-0.25, -0.2) is 5.43 Å². The summed E-state index contributed by atoms with van der Waals surface area (Å²) in [6.07, 6.45) is 1.45. The Kier molecular flexibility index (Phi) is 3.40. The molecule has 0 bridgehead atoms. The summed E-state index contributed by atoms with van der Waals surface area (Å²) in [6, 6.07) is 3.04. The van der Waals surface area contributed by atoms with E-state index in [1.807, 2.05) is 0 Å². The van der Waals surface area contributed by atoms with Crippen molar-refractivity contribution >= 4 is 35.4 Å². The Morgan fingerprint density at radius 3 is 2.65 bits per heavy atom. The van der Waals surface area contributed by atoms with Gasteiger partial charge in [-0.15, -0.1) is 5.10 Å². The number of halogens is 2. The SMILES string of the molecule is Oc1c(Cl)cc(C=NNc2nn[nH]n2)cc1Cl. The quantitative estimate of drug-likeness (QED) is 0.583. The number of anilines is 1. The molecule has 88 valence electrons. The summed E-state index contributed by atoms with van der Waals surface area (Å²) in [4.78, 5) is 0. The van der Waals surface area contributed by atoms with Crippen molar-refractivity contribution in [2.75, 3.05) is 5.43 Å². The number of rotatable bonds is 3. The number of tetrazole rings is 1. The molecule has 1 aromatic heterocycles. The molecule has 0 saturated carbocycles. The summed E-state index contributed by atoms with van der Waals surface area (Å²) >= 11 is 11.5. The van der Waals surface area contributed by atoms with Crippen molar-refractivity contribution in [3.8, 4) is 5.75 Å². The van der Waals surface area contributed by atoms with Crippen LogP contribution >= 0.6 is 23.2 Å². The second-order valence-electron chi connectivity index (χ2n) is 2.94. The Morgan fingerprint density at radius 1 is 1.35 bits per heavy atom. The van der Waals surface area contributed by atoms with E-state index in [0.717, 1.165) is 0 Å². The Hall–Kier alpha value is -1.86. The number of nitrogens with zero attached hydrogens (tertiary/aromatic N) is 4. The fraction of sp³-hybridized carbons (Fsp3) is 0. The lowest BCUT2D eigenvalue weighted by molar-refractivity contribution is 0.476. The molecule has 0 amide bonds. The molecule has 0 aliphatic heterocycles. The summed E-state index contributed by atoms with van der Waals surface area (Å²) < 4.78 is 0. The van der Waals surface area contributed by atoms with Crippen LogP contribution in [0.5, 0.6) is 5.75 Å². The third-order valence-corrected chi connectivity index (χ3v) is 2.34. The topological polar surface area (TPSA) is 99.1 Å². The number of hydrogen-bond acceptors (Lipinski definition) is 6. The second-order valence-corrected chi connectivity index (χ2v) is 3.75. The number of aromatic amines is 1. The highest BCUT2D eigenvalue weighted by atomic mass is 35.5. The molecule has 1 heterocycles. The van der Waals surface area contributed by atoms with Crippen LogP contribution in [0.4, 0.5) is 5.95 Å². The third kappa shape index (κ3) is 2.83. The first-order chi connectivity index (χ1) is 8.16. The predicted octanol–water partition coefficient (Wildman–Crippen LogP) is 1.66. The fourth-order valence-corrected chi connectivity index (χ4v) is 1.54. The van der Waals surface area contributed by atoms with Crippen molar-refractivity contribution in [2.45, 2.75) is 0 Å². The molecule has 7 nitrogen and oxygen atoms in total. The summed E-state index contributed by atoms with van der Waals surface area (Å²) in [5, 5.41) is 26.4. The highest BCUT2D eigenvalue weighted by Gasteiger charge is 2.05. The predicted molar refractivity (Wildman–Crippen MR) is 63.5 cm³/mol. The largest absolute Gasteiger partial charge is 0.505 e. The van der Waals surface area contributed by atoms with Gasteiger partial charge in [0.2, 0.25) is 0 Å². The lowest BCUT2D eigenvalue weighted by Crippen LogP contribution is -1.92. The smallest absolute Gasteiger partial charge is 0.283 e.